The predicted octanol–water partition coefficient (Wildman–Crippen LogP) is 3.92. The summed E-state index contributed by atoms with van der Waals surface area (Å²) in [6.07, 6.45) is 2.26. The lowest BCUT2D eigenvalue weighted by molar-refractivity contribution is 0.287. The van der Waals surface area contributed by atoms with Crippen molar-refractivity contribution < 1.29 is 13.2 Å². The zero-order valence-corrected chi connectivity index (χ0v) is 22.0. The summed E-state index contributed by atoms with van der Waals surface area (Å²) in [6.45, 7) is 13.9. The monoisotopic (exact) mass is 539 g/mol. The Balaban J connectivity index is 0.00000784. The van der Waals surface area contributed by atoms with E-state index < -0.39 is 14.6 Å². The fourth-order valence-corrected chi connectivity index (χ4v) is 2.60. The first-order valence-corrected chi connectivity index (χ1v) is 11.8. The first-order valence-electron chi connectivity index (χ1n) is 9.90. The molecule has 29 heavy (non-hydrogen) atoms. The lowest BCUT2D eigenvalue weighted by Gasteiger charge is -2.24. The van der Waals surface area contributed by atoms with Gasteiger partial charge < -0.3 is 15.4 Å². The number of rotatable bonds is 10. The molecule has 0 spiro atoms. The molecule has 0 aliphatic rings. The molecule has 0 saturated heterocycles. The molecule has 1 rings (SSSR count). The van der Waals surface area contributed by atoms with Crippen molar-refractivity contribution in [3.8, 4) is 5.75 Å². The minimum absolute atomic E-state index is 0. The number of nitrogens with zero attached hydrogens (tertiary/aromatic N) is 1. The summed E-state index contributed by atoms with van der Waals surface area (Å²) in [4.78, 5) is 4.62. The third kappa shape index (κ3) is 10.0. The quantitative estimate of drug-likeness (QED) is 0.268. The van der Waals surface area contributed by atoms with E-state index in [1.807, 2.05) is 32.0 Å². The lowest BCUT2D eigenvalue weighted by atomic mass is 10.1. The van der Waals surface area contributed by atoms with Crippen LogP contribution in [0.4, 0.5) is 0 Å². The Labute approximate surface area is 194 Å². The second-order valence-corrected chi connectivity index (χ2v) is 10.9. The van der Waals surface area contributed by atoms with Gasteiger partial charge in [0.25, 0.3) is 0 Å². The number of hydrogen-bond donors (Lipinski definition) is 2. The Morgan fingerprint density at radius 3 is 2.45 bits per heavy atom. The van der Waals surface area contributed by atoms with Crippen LogP contribution in [0.25, 0.3) is 0 Å². The van der Waals surface area contributed by atoms with Crippen molar-refractivity contribution in [2.24, 2.45) is 10.9 Å². The van der Waals surface area contributed by atoms with Crippen molar-refractivity contribution in [3.63, 3.8) is 0 Å². The SMILES string of the molecule is CCNC(=NCc1ccc(C)cc1OCCC(C)C)NCC(C)(C)S(C)(=O)=O.I. The average Bonchev–Trinajstić information content (AvgIpc) is 2.57. The normalized spacial score (nSPS) is 12.5. The number of sulfone groups is 1. The van der Waals surface area contributed by atoms with E-state index >= 15 is 0 Å². The third-order valence-electron chi connectivity index (χ3n) is 4.61. The van der Waals surface area contributed by atoms with Gasteiger partial charge in [-0.25, -0.2) is 13.4 Å². The molecule has 0 bridgehead atoms. The molecule has 1 aromatic carbocycles. The second kappa shape index (κ2) is 12.6. The van der Waals surface area contributed by atoms with Crippen molar-refractivity contribution in [1.82, 2.24) is 10.6 Å². The van der Waals surface area contributed by atoms with Crippen molar-refractivity contribution in [2.45, 2.75) is 59.3 Å². The number of guanidine groups is 1. The lowest BCUT2D eigenvalue weighted by Crippen LogP contribution is -2.47. The van der Waals surface area contributed by atoms with Gasteiger partial charge in [-0.1, -0.05) is 26.0 Å². The van der Waals surface area contributed by atoms with Gasteiger partial charge in [-0.2, -0.15) is 0 Å². The van der Waals surface area contributed by atoms with Crippen LogP contribution in [-0.2, 0) is 16.4 Å². The molecule has 0 atom stereocenters. The van der Waals surface area contributed by atoms with E-state index in [-0.39, 0.29) is 30.5 Å². The molecule has 0 unspecified atom stereocenters. The summed E-state index contributed by atoms with van der Waals surface area (Å²) < 4.78 is 28.9. The number of hydrogen-bond acceptors (Lipinski definition) is 4. The molecule has 0 aliphatic carbocycles. The summed E-state index contributed by atoms with van der Waals surface area (Å²) in [5.41, 5.74) is 2.15. The van der Waals surface area contributed by atoms with E-state index in [1.165, 1.54) is 6.26 Å². The Morgan fingerprint density at radius 1 is 1.24 bits per heavy atom. The van der Waals surface area contributed by atoms with Crippen LogP contribution in [0.3, 0.4) is 0 Å². The highest BCUT2D eigenvalue weighted by Gasteiger charge is 2.30. The number of aliphatic imine (C=N–C) groups is 1. The maximum Gasteiger partial charge on any atom is 0.191 e. The summed E-state index contributed by atoms with van der Waals surface area (Å²) in [7, 11) is -3.17. The number of benzene rings is 1. The molecule has 0 saturated carbocycles. The topological polar surface area (TPSA) is 79.8 Å². The maximum absolute atomic E-state index is 11.9. The van der Waals surface area contributed by atoms with Crippen molar-refractivity contribution in [3.05, 3.63) is 29.3 Å². The zero-order valence-electron chi connectivity index (χ0n) is 18.8. The Morgan fingerprint density at radius 2 is 1.90 bits per heavy atom. The smallest absolute Gasteiger partial charge is 0.191 e. The fourth-order valence-electron chi connectivity index (χ4n) is 2.26. The Bertz CT molecular complexity index is 762. The van der Waals surface area contributed by atoms with Gasteiger partial charge in [0, 0.05) is 24.9 Å². The summed E-state index contributed by atoms with van der Waals surface area (Å²) in [6, 6.07) is 6.12. The van der Waals surface area contributed by atoms with Gasteiger partial charge in [0.05, 0.1) is 17.9 Å². The van der Waals surface area contributed by atoms with Crippen molar-refractivity contribution in [1.29, 1.82) is 0 Å². The molecule has 2 N–H and O–H groups in total. The first kappa shape index (κ1) is 28.0. The van der Waals surface area contributed by atoms with Gasteiger partial charge in [-0.3, -0.25) is 0 Å². The van der Waals surface area contributed by atoms with Crippen LogP contribution in [0.1, 0.15) is 52.2 Å². The number of halogens is 1. The van der Waals surface area contributed by atoms with E-state index in [9.17, 15) is 8.42 Å². The molecule has 0 radical (unpaired) electrons. The molecular weight excluding hydrogens is 501 g/mol. The molecule has 0 amide bonds. The van der Waals surface area contributed by atoms with Crippen LogP contribution in [0.5, 0.6) is 5.75 Å². The van der Waals surface area contributed by atoms with Crippen molar-refractivity contribution >= 4 is 39.8 Å². The van der Waals surface area contributed by atoms with Crippen LogP contribution in [0.2, 0.25) is 0 Å². The Kier molecular flexibility index (Phi) is 12.2. The Hall–Kier alpha value is -1.03. The molecule has 6 nitrogen and oxygen atoms in total. The minimum atomic E-state index is -3.17. The van der Waals surface area contributed by atoms with Gasteiger partial charge in [0.1, 0.15) is 5.75 Å². The van der Waals surface area contributed by atoms with E-state index in [4.69, 9.17) is 4.74 Å². The molecule has 1 aromatic rings. The third-order valence-corrected chi connectivity index (χ3v) is 6.76. The van der Waals surface area contributed by atoms with Crippen LogP contribution < -0.4 is 15.4 Å². The van der Waals surface area contributed by atoms with Gasteiger partial charge in [0.2, 0.25) is 0 Å². The van der Waals surface area contributed by atoms with Crippen LogP contribution in [0.15, 0.2) is 23.2 Å². The zero-order chi connectivity index (χ0) is 21.4. The summed E-state index contributed by atoms with van der Waals surface area (Å²) in [5.74, 6) is 2.04. The number of ether oxygens (including phenoxy) is 1. The van der Waals surface area contributed by atoms with Crippen LogP contribution >= 0.6 is 24.0 Å². The number of aryl methyl sites for hydroxylation is 1. The molecule has 8 heteroatoms. The highest BCUT2D eigenvalue weighted by atomic mass is 127. The molecular formula is C21H38IN3O3S. The minimum Gasteiger partial charge on any atom is -0.493 e. The molecule has 0 aromatic heterocycles. The highest BCUT2D eigenvalue weighted by Crippen LogP contribution is 2.22. The highest BCUT2D eigenvalue weighted by molar-refractivity contribution is 14.0. The largest absolute Gasteiger partial charge is 0.493 e. The van der Waals surface area contributed by atoms with Crippen LogP contribution in [0, 0.1) is 12.8 Å². The van der Waals surface area contributed by atoms with Crippen LogP contribution in [-0.4, -0.2) is 45.1 Å². The summed E-state index contributed by atoms with van der Waals surface area (Å²) >= 11 is 0. The molecule has 0 fully saturated rings. The van der Waals surface area contributed by atoms with Gasteiger partial charge >= 0.3 is 0 Å². The maximum atomic E-state index is 11.9. The van der Waals surface area contributed by atoms with Gasteiger partial charge in [0.15, 0.2) is 15.8 Å². The van der Waals surface area contributed by atoms with E-state index in [0.717, 1.165) is 23.3 Å². The molecule has 0 aliphatic heterocycles. The predicted molar refractivity (Wildman–Crippen MR) is 133 cm³/mol. The van der Waals surface area contributed by atoms with Gasteiger partial charge in [-0.05, 0) is 51.7 Å². The van der Waals surface area contributed by atoms with E-state index in [1.54, 1.807) is 13.8 Å². The average molecular weight is 540 g/mol. The van der Waals surface area contributed by atoms with E-state index in [2.05, 4.69) is 29.5 Å². The first-order chi connectivity index (χ1) is 13.0. The number of nitrogens with one attached hydrogen (secondary N) is 2. The molecule has 168 valence electrons. The second-order valence-electron chi connectivity index (χ2n) is 8.22. The van der Waals surface area contributed by atoms with E-state index in [0.29, 0.717) is 31.6 Å². The standard InChI is InChI=1S/C21H37N3O3S.HI/c1-8-22-20(24-15-21(5,6)28(7,25)26)23-14-18-10-9-17(4)13-19(18)27-12-11-16(2)3;/h9-10,13,16H,8,11-12,14-15H2,1-7H3,(H2,22,23,24);1H. The fraction of sp³-hybridized carbons (Fsp3) is 0.667. The van der Waals surface area contributed by atoms with Crippen molar-refractivity contribution in [2.75, 3.05) is 26.0 Å². The molecule has 0 heterocycles. The van der Waals surface area contributed by atoms with Gasteiger partial charge in [-0.15, -0.1) is 24.0 Å². The summed E-state index contributed by atoms with van der Waals surface area (Å²) in [5, 5.41) is 6.31.